The summed E-state index contributed by atoms with van der Waals surface area (Å²) in [5.74, 6) is 1.16. The number of carbonyl (C=O) groups excluding carboxylic acids is 1. The van der Waals surface area contributed by atoms with Crippen molar-refractivity contribution in [2.45, 2.75) is 20.3 Å². The SMILES string of the molecule is CC(C)CCNC(=O)COc1ccc(N)c2ccccc12. The van der Waals surface area contributed by atoms with E-state index >= 15 is 0 Å². The van der Waals surface area contributed by atoms with Crippen LogP contribution in [0.15, 0.2) is 36.4 Å². The molecule has 0 unspecified atom stereocenters. The Bertz CT molecular complexity index is 623. The molecule has 1 amide bonds. The molecular formula is C17H22N2O2. The van der Waals surface area contributed by atoms with Crippen LogP contribution < -0.4 is 15.8 Å². The molecule has 0 heterocycles. The highest BCUT2D eigenvalue weighted by atomic mass is 16.5. The Labute approximate surface area is 125 Å². The van der Waals surface area contributed by atoms with Crippen molar-refractivity contribution in [3.05, 3.63) is 36.4 Å². The van der Waals surface area contributed by atoms with Crippen LogP contribution in [0.5, 0.6) is 5.75 Å². The fourth-order valence-electron chi connectivity index (χ4n) is 2.12. The summed E-state index contributed by atoms with van der Waals surface area (Å²) in [4.78, 5) is 11.7. The van der Waals surface area contributed by atoms with Crippen LogP contribution >= 0.6 is 0 Å². The Balaban J connectivity index is 1.98. The van der Waals surface area contributed by atoms with Gasteiger partial charge in [-0.25, -0.2) is 0 Å². The van der Waals surface area contributed by atoms with Gasteiger partial charge in [-0.2, -0.15) is 0 Å². The number of rotatable bonds is 6. The average Bonchev–Trinajstić information content (AvgIpc) is 2.46. The largest absolute Gasteiger partial charge is 0.483 e. The van der Waals surface area contributed by atoms with Gasteiger partial charge >= 0.3 is 0 Å². The lowest BCUT2D eigenvalue weighted by Crippen LogP contribution is -2.30. The van der Waals surface area contributed by atoms with Crippen molar-refractivity contribution in [2.75, 3.05) is 18.9 Å². The second kappa shape index (κ2) is 6.97. The minimum atomic E-state index is -0.100. The van der Waals surface area contributed by atoms with E-state index < -0.39 is 0 Å². The molecule has 0 bridgehead atoms. The summed E-state index contributed by atoms with van der Waals surface area (Å²) in [6, 6.07) is 11.4. The van der Waals surface area contributed by atoms with Gasteiger partial charge in [0.05, 0.1) is 0 Å². The molecule has 0 aliphatic heterocycles. The Morgan fingerprint density at radius 1 is 1.19 bits per heavy atom. The minimum absolute atomic E-state index is 0.0198. The van der Waals surface area contributed by atoms with Gasteiger partial charge < -0.3 is 15.8 Å². The standard InChI is InChI=1S/C17H22N2O2/c1-12(2)9-10-19-17(20)11-21-16-8-7-15(18)13-5-3-4-6-14(13)16/h3-8,12H,9-11,18H2,1-2H3,(H,19,20). The highest BCUT2D eigenvalue weighted by Crippen LogP contribution is 2.29. The summed E-state index contributed by atoms with van der Waals surface area (Å²) in [6.07, 6.45) is 0.969. The first kappa shape index (κ1) is 15.2. The third-order valence-electron chi connectivity index (χ3n) is 3.32. The lowest BCUT2D eigenvalue weighted by Gasteiger charge is -2.11. The van der Waals surface area contributed by atoms with E-state index in [1.165, 1.54) is 0 Å². The van der Waals surface area contributed by atoms with Gasteiger partial charge in [0.25, 0.3) is 5.91 Å². The second-order valence-corrected chi connectivity index (χ2v) is 5.52. The highest BCUT2D eigenvalue weighted by molar-refractivity contribution is 5.97. The molecule has 0 aliphatic rings. The maximum atomic E-state index is 11.7. The first-order valence-electron chi connectivity index (χ1n) is 7.24. The molecule has 2 aromatic carbocycles. The first-order chi connectivity index (χ1) is 10.1. The van der Waals surface area contributed by atoms with Crippen molar-refractivity contribution in [2.24, 2.45) is 5.92 Å². The quantitative estimate of drug-likeness (QED) is 0.802. The fourth-order valence-corrected chi connectivity index (χ4v) is 2.12. The van der Waals surface area contributed by atoms with Crippen molar-refractivity contribution in [1.29, 1.82) is 0 Å². The summed E-state index contributed by atoms with van der Waals surface area (Å²) in [5.41, 5.74) is 6.65. The zero-order valence-corrected chi connectivity index (χ0v) is 12.6. The van der Waals surface area contributed by atoms with Crippen molar-refractivity contribution < 1.29 is 9.53 Å². The molecule has 4 heteroatoms. The number of amides is 1. The minimum Gasteiger partial charge on any atom is -0.483 e. The van der Waals surface area contributed by atoms with Crippen molar-refractivity contribution in [3.8, 4) is 5.75 Å². The number of nitrogen functional groups attached to an aromatic ring is 1. The molecule has 0 saturated heterocycles. The van der Waals surface area contributed by atoms with E-state index in [-0.39, 0.29) is 12.5 Å². The highest BCUT2D eigenvalue weighted by Gasteiger charge is 2.07. The van der Waals surface area contributed by atoms with E-state index in [2.05, 4.69) is 19.2 Å². The lowest BCUT2D eigenvalue weighted by atomic mass is 10.1. The molecule has 2 aromatic rings. The molecule has 2 rings (SSSR count). The molecule has 0 fully saturated rings. The average molecular weight is 286 g/mol. The van der Waals surface area contributed by atoms with Gasteiger partial charge in [-0.3, -0.25) is 4.79 Å². The number of fused-ring (bicyclic) bond motifs is 1. The number of carbonyl (C=O) groups is 1. The number of ether oxygens (including phenoxy) is 1. The summed E-state index contributed by atoms with van der Waals surface area (Å²) in [7, 11) is 0. The summed E-state index contributed by atoms with van der Waals surface area (Å²) < 4.78 is 5.63. The number of hydrogen-bond acceptors (Lipinski definition) is 3. The van der Waals surface area contributed by atoms with Crippen LogP contribution in [0.4, 0.5) is 5.69 Å². The summed E-state index contributed by atoms with van der Waals surface area (Å²) in [6.45, 7) is 4.96. The van der Waals surface area contributed by atoms with Gasteiger partial charge in [0.2, 0.25) is 0 Å². The molecule has 4 nitrogen and oxygen atoms in total. The van der Waals surface area contributed by atoms with Crippen LogP contribution in [0.3, 0.4) is 0 Å². The Hall–Kier alpha value is -2.23. The van der Waals surface area contributed by atoms with Gasteiger partial charge in [0, 0.05) is 23.0 Å². The molecule has 0 aliphatic carbocycles. The van der Waals surface area contributed by atoms with E-state index in [4.69, 9.17) is 10.5 Å². The topological polar surface area (TPSA) is 64.3 Å². The lowest BCUT2D eigenvalue weighted by molar-refractivity contribution is -0.123. The smallest absolute Gasteiger partial charge is 0.257 e. The van der Waals surface area contributed by atoms with Crippen LogP contribution in [-0.4, -0.2) is 19.1 Å². The first-order valence-corrected chi connectivity index (χ1v) is 7.24. The van der Waals surface area contributed by atoms with Crippen LogP contribution in [0.1, 0.15) is 20.3 Å². The molecule has 21 heavy (non-hydrogen) atoms. The van der Waals surface area contributed by atoms with Gasteiger partial charge in [-0.1, -0.05) is 38.1 Å². The molecular weight excluding hydrogens is 264 g/mol. The van der Waals surface area contributed by atoms with E-state index in [0.717, 1.165) is 17.2 Å². The normalized spacial score (nSPS) is 10.8. The van der Waals surface area contributed by atoms with Gasteiger partial charge in [-0.15, -0.1) is 0 Å². The third kappa shape index (κ3) is 4.12. The number of nitrogens with one attached hydrogen (secondary N) is 1. The number of benzene rings is 2. The van der Waals surface area contributed by atoms with Crippen molar-refractivity contribution in [3.63, 3.8) is 0 Å². The molecule has 0 radical (unpaired) electrons. The molecule has 112 valence electrons. The molecule has 0 saturated carbocycles. The van der Waals surface area contributed by atoms with Crippen molar-refractivity contribution in [1.82, 2.24) is 5.32 Å². The van der Waals surface area contributed by atoms with Crippen LogP contribution in [-0.2, 0) is 4.79 Å². The van der Waals surface area contributed by atoms with Crippen LogP contribution in [0.25, 0.3) is 10.8 Å². The third-order valence-corrected chi connectivity index (χ3v) is 3.32. The molecule has 0 aromatic heterocycles. The summed E-state index contributed by atoms with van der Waals surface area (Å²) in [5, 5.41) is 4.72. The second-order valence-electron chi connectivity index (χ2n) is 5.52. The number of nitrogens with two attached hydrogens (primary N) is 1. The fraction of sp³-hybridized carbons (Fsp3) is 0.353. The molecule has 0 spiro atoms. The maximum absolute atomic E-state index is 11.7. The predicted octanol–water partition coefficient (Wildman–Crippen LogP) is 2.96. The number of hydrogen-bond donors (Lipinski definition) is 2. The van der Waals surface area contributed by atoms with E-state index in [1.54, 1.807) is 12.1 Å². The van der Waals surface area contributed by atoms with E-state index in [1.807, 2.05) is 24.3 Å². The summed E-state index contributed by atoms with van der Waals surface area (Å²) >= 11 is 0. The van der Waals surface area contributed by atoms with Gasteiger partial charge in [0.15, 0.2) is 6.61 Å². The zero-order chi connectivity index (χ0) is 15.2. The zero-order valence-electron chi connectivity index (χ0n) is 12.6. The Morgan fingerprint density at radius 2 is 1.90 bits per heavy atom. The monoisotopic (exact) mass is 286 g/mol. The van der Waals surface area contributed by atoms with Crippen LogP contribution in [0.2, 0.25) is 0 Å². The number of anilines is 1. The van der Waals surface area contributed by atoms with Crippen molar-refractivity contribution >= 4 is 22.4 Å². The van der Waals surface area contributed by atoms with Gasteiger partial charge in [0.1, 0.15) is 5.75 Å². The van der Waals surface area contributed by atoms with E-state index in [9.17, 15) is 4.79 Å². The van der Waals surface area contributed by atoms with Crippen LogP contribution in [0, 0.1) is 5.92 Å². The van der Waals surface area contributed by atoms with Gasteiger partial charge in [-0.05, 0) is 24.5 Å². The molecule has 3 N–H and O–H groups in total. The Morgan fingerprint density at radius 3 is 2.62 bits per heavy atom. The Kier molecular flexibility index (Phi) is 5.04. The molecule has 0 atom stereocenters. The predicted molar refractivity (Wildman–Crippen MR) is 86.3 cm³/mol. The van der Waals surface area contributed by atoms with E-state index in [0.29, 0.717) is 23.9 Å². The maximum Gasteiger partial charge on any atom is 0.257 e.